The number of rotatable bonds is 7. The second kappa shape index (κ2) is 14.0. The molecule has 0 bridgehead atoms. The molecule has 0 spiro atoms. The standard InChI is InChI=1S/C31H30F9N7O6S/c1-3-28(41)13-21(25-22(47(28)27(49)50)4-5-23(44-25)53-54(51,52)31(38,39)40)24(17-10-18(29(32,33)34)12-19(11-17)30(35,36)37)26-42-14-20(15-43-26)46-8-6-45(7-9-46)16(2)48/h4-5,10-12,14-15,21,24H,3,6-9,13,41H2,1-2H3,(H,49,50)/t21-,24?,28+/m0/s1. The van der Waals surface area contributed by atoms with Gasteiger partial charge in [0.05, 0.1) is 52.2 Å². The SMILES string of the molecule is CC[C@]1(N)C[C@@H](C(c2cc(C(F)(F)F)cc(C(F)(F)F)c2)c2ncc(N3CCN(C(C)=O)CC3)cn2)c2nc(OS(=O)(=O)C(F)(F)F)ccc2N1C(=O)O. The maximum Gasteiger partial charge on any atom is 0.534 e. The van der Waals surface area contributed by atoms with Crippen molar-refractivity contribution in [3.8, 4) is 5.88 Å². The van der Waals surface area contributed by atoms with Gasteiger partial charge in [-0.2, -0.15) is 47.9 Å². The second-order valence-electron chi connectivity index (χ2n) is 12.5. The zero-order chi connectivity index (χ0) is 40.2. The fourth-order valence-corrected chi connectivity index (χ4v) is 6.86. The van der Waals surface area contributed by atoms with Crippen LogP contribution in [-0.2, 0) is 27.3 Å². The zero-order valence-electron chi connectivity index (χ0n) is 28.0. The van der Waals surface area contributed by atoms with Crippen LogP contribution in [0.15, 0.2) is 42.7 Å². The van der Waals surface area contributed by atoms with Crippen LogP contribution in [0, 0.1) is 0 Å². The molecule has 1 saturated heterocycles. The summed E-state index contributed by atoms with van der Waals surface area (Å²) in [5.74, 6) is -5.26. The van der Waals surface area contributed by atoms with Crippen molar-refractivity contribution in [1.82, 2.24) is 19.9 Å². The van der Waals surface area contributed by atoms with Gasteiger partial charge in [-0.25, -0.2) is 19.7 Å². The van der Waals surface area contributed by atoms with Crippen molar-refractivity contribution in [3.05, 3.63) is 70.9 Å². The van der Waals surface area contributed by atoms with E-state index in [0.717, 1.165) is 6.07 Å². The summed E-state index contributed by atoms with van der Waals surface area (Å²) in [5.41, 5.74) is -6.28. The molecule has 3 atom stereocenters. The lowest BCUT2D eigenvalue weighted by atomic mass is 9.73. The molecule has 1 unspecified atom stereocenters. The predicted octanol–water partition coefficient (Wildman–Crippen LogP) is 5.67. The molecule has 54 heavy (non-hydrogen) atoms. The number of alkyl halides is 9. The van der Waals surface area contributed by atoms with E-state index in [0.29, 0.717) is 55.0 Å². The lowest BCUT2D eigenvalue weighted by Crippen LogP contribution is -2.61. The van der Waals surface area contributed by atoms with Crippen LogP contribution in [0.3, 0.4) is 0 Å². The molecule has 3 N–H and O–H groups in total. The predicted molar refractivity (Wildman–Crippen MR) is 170 cm³/mol. The Hall–Kier alpha value is -4.93. The lowest BCUT2D eigenvalue weighted by molar-refractivity contribution is -0.143. The molecule has 1 fully saturated rings. The number of nitrogens with zero attached hydrogens (tertiary/aromatic N) is 6. The Morgan fingerprint density at radius 2 is 1.52 bits per heavy atom. The smallest absolute Gasteiger partial charge is 0.465 e. The maximum atomic E-state index is 14.1. The Morgan fingerprint density at radius 3 is 1.98 bits per heavy atom. The number of amides is 2. The second-order valence-corrected chi connectivity index (χ2v) is 14.1. The molecule has 0 saturated carbocycles. The van der Waals surface area contributed by atoms with E-state index in [2.05, 4.69) is 19.1 Å². The summed E-state index contributed by atoms with van der Waals surface area (Å²) in [5, 5.41) is 10.2. The quantitative estimate of drug-likeness (QED) is 0.171. The summed E-state index contributed by atoms with van der Waals surface area (Å²) < 4.78 is 153. The Kier molecular flexibility index (Phi) is 10.5. The number of benzene rings is 1. The molecule has 1 aromatic carbocycles. The zero-order valence-corrected chi connectivity index (χ0v) is 28.8. The van der Waals surface area contributed by atoms with Gasteiger partial charge in [-0.1, -0.05) is 6.92 Å². The molecule has 5 rings (SSSR count). The monoisotopic (exact) mass is 799 g/mol. The molecule has 2 aromatic heterocycles. The number of halogens is 9. The molecule has 13 nitrogen and oxygen atoms in total. The lowest BCUT2D eigenvalue weighted by Gasteiger charge is -2.47. The Bertz CT molecular complexity index is 1990. The number of piperazine rings is 1. The summed E-state index contributed by atoms with van der Waals surface area (Å²) in [6.07, 6.45) is -10.8. The van der Waals surface area contributed by atoms with Crippen LogP contribution in [0.5, 0.6) is 5.88 Å². The number of carbonyl (C=O) groups is 2. The third-order valence-electron chi connectivity index (χ3n) is 9.17. The number of anilines is 2. The summed E-state index contributed by atoms with van der Waals surface area (Å²) in [6, 6.07) is 2.03. The van der Waals surface area contributed by atoms with Gasteiger partial charge >= 0.3 is 34.1 Å². The van der Waals surface area contributed by atoms with Gasteiger partial charge in [-0.05, 0) is 42.7 Å². The highest BCUT2D eigenvalue weighted by molar-refractivity contribution is 7.87. The van der Waals surface area contributed by atoms with E-state index in [1.165, 1.54) is 26.2 Å². The first-order valence-electron chi connectivity index (χ1n) is 15.8. The number of fused-ring (bicyclic) bond motifs is 1. The third kappa shape index (κ3) is 7.95. The van der Waals surface area contributed by atoms with Crippen molar-refractivity contribution >= 4 is 33.5 Å². The van der Waals surface area contributed by atoms with Crippen molar-refractivity contribution in [2.24, 2.45) is 5.73 Å². The Morgan fingerprint density at radius 1 is 0.963 bits per heavy atom. The fraction of sp³-hybridized carbons (Fsp3) is 0.452. The molecule has 2 aliphatic rings. The van der Waals surface area contributed by atoms with Crippen molar-refractivity contribution in [3.63, 3.8) is 0 Å². The molecule has 23 heteroatoms. The van der Waals surface area contributed by atoms with Crippen LogP contribution in [0.2, 0.25) is 0 Å². The number of carbonyl (C=O) groups excluding carboxylic acids is 1. The number of pyridine rings is 1. The van der Waals surface area contributed by atoms with Gasteiger partial charge in [-0.15, -0.1) is 0 Å². The van der Waals surface area contributed by atoms with E-state index in [1.807, 2.05) is 0 Å². The van der Waals surface area contributed by atoms with Gasteiger partial charge < -0.3 is 24.8 Å². The van der Waals surface area contributed by atoms with Gasteiger partial charge in [0.15, 0.2) is 0 Å². The number of carboxylic acid groups (broad SMARTS) is 1. The van der Waals surface area contributed by atoms with Crippen molar-refractivity contribution in [2.45, 2.75) is 62.0 Å². The highest BCUT2D eigenvalue weighted by Crippen LogP contribution is 2.51. The topological polar surface area (TPSA) is 172 Å². The first-order chi connectivity index (χ1) is 24.9. The van der Waals surface area contributed by atoms with E-state index in [9.17, 15) is 62.6 Å². The molecule has 2 amide bonds. The average molecular weight is 800 g/mol. The first kappa shape index (κ1) is 40.3. The van der Waals surface area contributed by atoms with E-state index in [4.69, 9.17) is 5.73 Å². The molecule has 0 radical (unpaired) electrons. The number of nitrogens with two attached hydrogens (primary N) is 1. The Labute approximate surface area is 300 Å². The van der Waals surface area contributed by atoms with Gasteiger partial charge in [0.1, 0.15) is 5.82 Å². The van der Waals surface area contributed by atoms with Crippen LogP contribution in [0.25, 0.3) is 0 Å². The van der Waals surface area contributed by atoms with E-state index in [-0.39, 0.29) is 18.4 Å². The minimum atomic E-state index is -6.36. The summed E-state index contributed by atoms with van der Waals surface area (Å²) in [6.45, 7) is 4.08. The van der Waals surface area contributed by atoms with Crippen molar-refractivity contribution in [1.29, 1.82) is 0 Å². The number of hydrogen-bond donors (Lipinski definition) is 2. The average Bonchev–Trinajstić information content (AvgIpc) is 3.07. The largest absolute Gasteiger partial charge is 0.534 e. The van der Waals surface area contributed by atoms with E-state index < -0.39 is 97.8 Å². The van der Waals surface area contributed by atoms with E-state index >= 15 is 0 Å². The molecule has 294 valence electrons. The molecule has 3 aromatic rings. The molecule has 2 aliphatic heterocycles. The van der Waals surface area contributed by atoms with Crippen molar-refractivity contribution < 1.29 is 66.8 Å². The number of aromatic nitrogens is 3. The first-order valence-corrected chi connectivity index (χ1v) is 17.2. The van der Waals surface area contributed by atoms with Crippen LogP contribution in [-0.4, -0.2) is 82.7 Å². The molecule has 4 heterocycles. The summed E-state index contributed by atoms with van der Waals surface area (Å²) in [7, 11) is -6.36. The minimum Gasteiger partial charge on any atom is -0.465 e. The van der Waals surface area contributed by atoms with Crippen LogP contribution in [0.1, 0.15) is 66.7 Å². The van der Waals surface area contributed by atoms with Gasteiger partial charge in [-0.3, -0.25) is 9.69 Å². The molecule has 0 aliphatic carbocycles. The van der Waals surface area contributed by atoms with Gasteiger partial charge in [0, 0.05) is 45.1 Å². The highest BCUT2D eigenvalue weighted by Gasteiger charge is 2.51. The van der Waals surface area contributed by atoms with Crippen LogP contribution in [0.4, 0.5) is 55.7 Å². The molecular weight excluding hydrogens is 769 g/mol. The third-order valence-corrected chi connectivity index (χ3v) is 10.1. The highest BCUT2D eigenvalue weighted by atomic mass is 32.2. The summed E-state index contributed by atoms with van der Waals surface area (Å²) >= 11 is 0. The normalized spacial score (nSPS) is 20.4. The van der Waals surface area contributed by atoms with Crippen LogP contribution < -0.4 is 19.7 Å². The Balaban J connectivity index is 1.76. The summed E-state index contributed by atoms with van der Waals surface area (Å²) in [4.78, 5) is 40.6. The fourth-order valence-electron chi connectivity index (χ4n) is 6.45. The van der Waals surface area contributed by atoms with Gasteiger partial charge in [0.25, 0.3) is 0 Å². The number of hydrogen-bond acceptors (Lipinski definition) is 10. The van der Waals surface area contributed by atoms with Crippen molar-refractivity contribution in [2.75, 3.05) is 36.0 Å². The molecular formula is C31H30F9N7O6S. The van der Waals surface area contributed by atoms with Crippen LogP contribution >= 0.6 is 0 Å². The van der Waals surface area contributed by atoms with E-state index in [1.54, 1.807) is 9.80 Å². The van der Waals surface area contributed by atoms with Gasteiger partial charge in [0.2, 0.25) is 11.8 Å². The minimum absolute atomic E-state index is 0.127. The maximum absolute atomic E-state index is 14.1.